The van der Waals surface area contributed by atoms with Crippen LogP contribution in [0.25, 0.3) is 0 Å². The van der Waals surface area contributed by atoms with E-state index < -0.39 is 6.36 Å². The van der Waals surface area contributed by atoms with Gasteiger partial charge in [-0.25, -0.2) is 0 Å². The molecule has 1 aromatic carbocycles. The Morgan fingerprint density at radius 1 is 1.17 bits per heavy atom. The number of hydrogen-bond donors (Lipinski definition) is 0. The summed E-state index contributed by atoms with van der Waals surface area (Å²) in [6.07, 6.45) is -3.81. The van der Waals surface area contributed by atoms with Crippen LogP contribution in [-0.4, -0.2) is 25.2 Å². The highest BCUT2D eigenvalue weighted by molar-refractivity contribution is 5.81. The largest absolute Gasteiger partial charge is 0.573 e. The molecule has 0 amide bonds. The van der Waals surface area contributed by atoms with E-state index in [9.17, 15) is 18.0 Å². The standard InChI is InChI=1S/C12H12F3NO2/c13-12(14,15)18-11-3-1-2-9(8-11)16-6-4-10(17)5-7-16/h1-3,8H,4-7H2. The highest BCUT2D eigenvalue weighted by Crippen LogP contribution is 2.27. The number of ether oxygens (including phenoxy) is 1. The Hall–Kier alpha value is -1.72. The number of nitrogens with zero attached hydrogens (tertiary/aromatic N) is 1. The molecule has 98 valence electrons. The Morgan fingerprint density at radius 3 is 2.44 bits per heavy atom. The highest BCUT2D eigenvalue weighted by Gasteiger charge is 2.31. The minimum absolute atomic E-state index is 0.189. The van der Waals surface area contributed by atoms with Gasteiger partial charge in [0.1, 0.15) is 11.5 Å². The summed E-state index contributed by atoms with van der Waals surface area (Å²) in [5.41, 5.74) is 0.643. The molecule has 18 heavy (non-hydrogen) atoms. The van der Waals surface area contributed by atoms with Crippen LogP contribution in [0.15, 0.2) is 24.3 Å². The number of piperidine rings is 1. The minimum atomic E-state index is -4.68. The van der Waals surface area contributed by atoms with Crippen molar-refractivity contribution in [3.8, 4) is 5.75 Å². The van der Waals surface area contributed by atoms with E-state index in [2.05, 4.69) is 4.74 Å². The zero-order valence-corrected chi connectivity index (χ0v) is 9.54. The van der Waals surface area contributed by atoms with Crippen molar-refractivity contribution in [2.45, 2.75) is 19.2 Å². The van der Waals surface area contributed by atoms with Gasteiger partial charge in [-0.2, -0.15) is 0 Å². The quantitative estimate of drug-likeness (QED) is 0.818. The summed E-state index contributed by atoms with van der Waals surface area (Å²) in [6.45, 7) is 1.07. The van der Waals surface area contributed by atoms with Gasteiger partial charge in [-0.05, 0) is 12.1 Å². The first-order valence-corrected chi connectivity index (χ1v) is 5.56. The number of carbonyl (C=O) groups is 1. The van der Waals surface area contributed by atoms with Crippen molar-refractivity contribution in [1.29, 1.82) is 0 Å². The molecule has 1 aromatic rings. The summed E-state index contributed by atoms with van der Waals surface area (Å²) in [7, 11) is 0. The van der Waals surface area contributed by atoms with Crippen molar-refractivity contribution in [3.05, 3.63) is 24.3 Å². The average Bonchev–Trinajstić information content (AvgIpc) is 2.28. The lowest BCUT2D eigenvalue weighted by Gasteiger charge is -2.28. The molecule has 0 bridgehead atoms. The fraction of sp³-hybridized carbons (Fsp3) is 0.417. The molecule has 1 saturated heterocycles. The second-order valence-electron chi connectivity index (χ2n) is 4.07. The van der Waals surface area contributed by atoms with Crippen LogP contribution in [0.5, 0.6) is 5.75 Å². The van der Waals surface area contributed by atoms with Crippen molar-refractivity contribution in [3.63, 3.8) is 0 Å². The zero-order chi connectivity index (χ0) is 13.2. The minimum Gasteiger partial charge on any atom is -0.406 e. The molecule has 0 N–H and O–H groups in total. The lowest BCUT2D eigenvalue weighted by atomic mass is 10.1. The number of anilines is 1. The van der Waals surface area contributed by atoms with E-state index in [-0.39, 0.29) is 11.5 Å². The maximum atomic E-state index is 12.1. The summed E-state index contributed by atoms with van der Waals surface area (Å²) < 4.78 is 40.1. The van der Waals surface area contributed by atoms with Crippen LogP contribution in [0.4, 0.5) is 18.9 Å². The Bertz CT molecular complexity index is 435. The van der Waals surface area contributed by atoms with Crippen molar-refractivity contribution in [2.75, 3.05) is 18.0 Å². The van der Waals surface area contributed by atoms with Gasteiger partial charge in [0.25, 0.3) is 0 Å². The molecule has 0 atom stereocenters. The number of halogens is 3. The first kappa shape index (κ1) is 12.7. The maximum absolute atomic E-state index is 12.1. The Morgan fingerprint density at radius 2 is 1.83 bits per heavy atom. The predicted octanol–water partition coefficient (Wildman–Crippen LogP) is 2.75. The fourth-order valence-electron chi connectivity index (χ4n) is 1.89. The van der Waals surface area contributed by atoms with Crippen LogP contribution in [-0.2, 0) is 4.79 Å². The molecule has 0 unspecified atom stereocenters. The molecular formula is C12H12F3NO2. The van der Waals surface area contributed by atoms with Gasteiger partial charge < -0.3 is 9.64 Å². The van der Waals surface area contributed by atoms with E-state index in [1.165, 1.54) is 18.2 Å². The second-order valence-corrected chi connectivity index (χ2v) is 4.07. The van der Waals surface area contributed by atoms with Crippen LogP contribution in [0.1, 0.15) is 12.8 Å². The van der Waals surface area contributed by atoms with Gasteiger partial charge in [0.2, 0.25) is 0 Å². The number of benzene rings is 1. The topological polar surface area (TPSA) is 29.5 Å². The van der Waals surface area contributed by atoms with Gasteiger partial charge in [0.15, 0.2) is 0 Å². The van der Waals surface area contributed by atoms with Gasteiger partial charge in [-0.1, -0.05) is 6.07 Å². The van der Waals surface area contributed by atoms with Crippen molar-refractivity contribution in [2.24, 2.45) is 0 Å². The summed E-state index contributed by atoms with van der Waals surface area (Å²) in [4.78, 5) is 13.0. The van der Waals surface area contributed by atoms with Crippen LogP contribution in [0.3, 0.4) is 0 Å². The fourth-order valence-corrected chi connectivity index (χ4v) is 1.89. The second kappa shape index (κ2) is 4.88. The Kier molecular flexibility index (Phi) is 3.45. The van der Waals surface area contributed by atoms with Crippen LogP contribution < -0.4 is 9.64 Å². The summed E-state index contributed by atoms with van der Waals surface area (Å²) in [6, 6.07) is 5.81. The SMILES string of the molecule is O=C1CCN(c2cccc(OC(F)(F)F)c2)CC1. The molecule has 0 saturated carbocycles. The molecule has 0 spiro atoms. The Labute approximate surface area is 102 Å². The van der Waals surface area contributed by atoms with Crippen molar-refractivity contribution in [1.82, 2.24) is 0 Å². The summed E-state index contributed by atoms with van der Waals surface area (Å²) >= 11 is 0. The zero-order valence-electron chi connectivity index (χ0n) is 9.54. The van der Waals surface area contributed by atoms with Crippen molar-refractivity contribution < 1.29 is 22.7 Å². The van der Waals surface area contributed by atoms with Crippen LogP contribution in [0, 0.1) is 0 Å². The third kappa shape index (κ3) is 3.38. The van der Waals surface area contributed by atoms with Crippen molar-refractivity contribution >= 4 is 11.5 Å². The molecular weight excluding hydrogens is 247 g/mol. The van der Waals surface area contributed by atoms with E-state index >= 15 is 0 Å². The average molecular weight is 259 g/mol. The van der Waals surface area contributed by atoms with Crippen LogP contribution >= 0.6 is 0 Å². The van der Waals surface area contributed by atoms with Crippen LogP contribution in [0.2, 0.25) is 0 Å². The van der Waals surface area contributed by atoms with Gasteiger partial charge in [0.05, 0.1) is 0 Å². The lowest BCUT2D eigenvalue weighted by molar-refractivity contribution is -0.274. The highest BCUT2D eigenvalue weighted by atomic mass is 19.4. The van der Waals surface area contributed by atoms with E-state index in [4.69, 9.17) is 0 Å². The molecule has 1 fully saturated rings. The molecule has 1 heterocycles. The molecule has 0 aliphatic carbocycles. The normalized spacial score (nSPS) is 16.8. The van der Waals surface area contributed by atoms with Gasteiger partial charge in [0, 0.05) is 37.7 Å². The molecule has 6 heteroatoms. The molecule has 3 nitrogen and oxygen atoms in total. The third-order valence-corrected chi connectivity index (χ3v) is 2.74. The number of carbonyl (C=O) groups excluding carboxylic acids is 1. The molecule has 1 aliphatic heterocycles. The summed E-state index contributed by atoms with van der Waals surface area (Å²) in [5, 5.41) is 0. The Balaban J connectivity index is 2.09. The number of rotatable bonds is 2. The third-order valence-electron chi connectivity index (χ3n) is 2.74. The number of Topliss-reactive ketones (excluding diaryl/α,β-unsaturated/α-hetero) is 1. The number of hydrogen-bond acceptors (Lipinski definition) is 3. The maximum Gasteiger partial charge on any atom is 0.573 e. The predicted molar refractivity (Wildman–Crippen MR) is 59.6 cm³/mol. The van der Waals surface area contributed by atoms with Gasteiger partial charge >= 0.3 is 6.36 Å². The molecule has 0 radical (unpaired) electrons. The number of ketones is 1. The number of alkyl halides is 3. The van der Waals surface area contributed by atoms with E-state index in [1.807, 2.05) is 4.90 Å². The lowest BCUT2D eigenvalue weighted by Crippen LogP contribution is -2.33. The summed E-state index contributed by atoms with van der Waals surface area (Å²) in [5.74, 6) is -0.0501. The van der Waals surface area contributed by atoms with Gasteiger partial charge in [-0.15, -0.1) is 13.2 Å². The van der Waals surface area contributed by atoms with E-state index in [0.29, 0.717) is 31.6 Å². The van der Waals surface area contributed by atoms with E-state index in [1.54, 1.807) is 6.07 Å². The first-order valence-electron chi connectivity index (χ1n) is 5.56. The first-order chi connectivity index (χ1) is 8.44. The monoisotopic (exact) mass is 259 g/mol. The molecule has 2 rings (SSSR count). The molecule has 1 aliphatic rings. The van der Waals surface area contributed by atoms with Gasteiger partial charge in [-0.3, -0.25) is 4.79 Å². The molecule has 0 aromatic heterocycles. The van der Waals surface area contributed by atoms with E-state index in [0.717, 1.165) is 0 Å². The smallest absolute Gasteiger partial charge is 0.406 e.